The van der Waals surface area contributed by atoms with E-state index < -0.39 is 5.60 Å². The summed E-state index contributed by atoms with van der Waals surface area (Å²) in [4.78, 5) is 0. The van der Waals surface area contributed by atoms with Gasteiger partial charge in [0, 0.05) is 31.2 Å². The van der Waals surface area contributed by atoms with E-state index in [0.717, 1.165) is 5.69 Å². The summed E-state index contributed by atoms with van der Waals surface area (Å²) in [5.74, 6) is 0. The van der Waals surface area contributed by atoms with Gasteiger partial charge in [-0.2, -0.15) is 5.10 Å². The van der Waals surface area contributed by atoms with Crippen LogP contribution in [0.1, 0.15) is 46.4 Å². The molecule has 1 rings (SSSR count). The van der Waals surface area contributed by atoms with Crippen LogP contribution in [0.25, 0.3) is 0 Å². The van der Waals surface area contributed by atoms with Gasteiger partial charge in [-0.25, -0.2) is 0 Å². The Kier molecular flexibility index (Phi) is 4.71. The van der Waals surface area contributed by atoms with Crippen molar-refractivity contribution in [3.8, 4) is 0 Å². The molecule has 1 unspecified atom stereocenters. The van der Waals surface area contributed by atoms with Crippen molar-refractivity contribution in [1.82, 2.24) is 15.1 Å². The zero-order valence-electron chi connectivity index (χ0n) is 11.6. The second-order valence-corrected chi connectivity index (χ2v) is 5.59. The maximum atomic E-state index is 10.3. The van der Waals surface area contributed by atoms with Gasteiger partial charge in [-0.05, 0) is 26.8 Å². The SMILES string of the molecule is CC(C)NCC(C)(O)Cc1ccn(C(C)C)n1. The lowest BCUT2D eigenvalue weighted by molar-refractivity contribution is 0.0570. The molecule has 0 saturated carbocycles. The predicted octanol–water partition coefficient (Wildman–Crippen LogP) is 1.76. The molecule has 1 heterocycles. The van der Waals surface area contributed by atoms with Gasteiger partial charge in [-0.15, -0.1) is 0 Å². The van der Waals surface area contributed by atoms with Gasteiger partial charge in [0.15, 0.2) is 0 Å². The molecule has 0 radical (unpaired) electrons. The summed E-state index contributed by atoms with van der Waals surface area (Å²) in [5, 5.41) is 18.0. The Bertz CT molecular complexity index is 342. The Labute approximate surface area is 104 Å². The highest BCUT2D eigenvalue weighted by Crippen LogP contribution is 2.12. The molecule has 0 aliphatic heterocycles. The Morgan fingerprint density at radius 3 is 2.53 bits per heavy atom. The van der Waals surface area contributed by atoms with Crippen molar-refractivity contribution < 1.29 is 5.11 Å². The molecule has 4 nitrogen and oxygen atoms in total. The third kappa shape index (κ3) is 4.88. The third-order valence-electron chi connectivity index (χ3n) is 2.65. The van der Waals surface area contributed by atoms with Gasteiger partial charge in [0.05, 0.1) is 11.3 Å². The zero-order chi connectivity index (χ0) is 13.1. The summed E-state index contributed by atoms with van der Waals surface area (Å²) in [7, 11) is 0. The molecule has 1 atom stereocenters. The number of nitrogens with one attached hydrogen (secondary N) is 1. The predicted molar refractivity (Wildman–Crippen MR) is 70.1 cm³/mol. The van der Waals surface area contributed by atoms with Crippen LogP contribution >= 0.6 is 0 Å². The molecule has 1 aromatic heterocycles. The highest BCUT2D eigenvalue weighted by atomic mass is 16.3. The Morgan fingerprint density at radius 2 is 2.06 bits per heavy atom. The van der Waals surface area contributed by atoms with E-state index in [9.17, 15) is 5.11 Å². The van der Waals surface area contributed by atoms with E-state index in [-0.39, 0.29) is 0 Å². The molecule has 1 aromatic rings. The molecule has 0 spiro atoms. The first-order chi connectivity index (χ1) is 7.80. The van der Waals surface area contributed by atoms with Gasteiger partial charge < -0.3 is 10.4 Å². The number of hydrogen-bond acceptors (Lipinski definition) is 3. The molecule has 98 valence electrons. The van der Waals surface area contributed by atoms with Gasteiger partial charge in [0.1, 0.15) is 0 Å². The smallest absolute Gasteiger partial charge is 0.0799 e. The molecule has 0 aromatic carbocycles. The highest BCUT2D eigenvalue weighted by Gasteiger charge is 2.22. The average Bonchev–Trinajstić information content (AvgIpc) is 2.63. The van der Waals surface area contributed by atoms with Gasteiger partial charge in [-0.3, -0.25) is 4.68 Å². The van der Waals surface area contributed by atoms with Crippen LogP contribution in [-0.4, -0.2) is 33.1 Å². The van der Waals surface area contributed by atoms with Crippen molar-refractivity contribution in [3.63, 3.8) is 0 Å². The first kappa shape index (κ1) is 14.2. The standard InChI is InChI=1S/C13H25N3O/c1-10(2)14-9-13(5,17)8-12-6-7-16(15-12)11(3)4/h6-7,10-11,14,17H,8-9H2,1-5H3. The quantitative estimate of drug-likeness (QED) is 0.795. The zero-order valence-corrected chi connectivity index (χ0v) is 11.6. The lowest BCUT2D eigenvalue weighted by Crippen LogP contribution is -2.42. The fourth-order valence-corrected chi connectivity index (χ4v) is 1.64. The van der Waals surface area contributed by atoms with Crippen LogP contribution < -0.4 is 5.32 Å². The monoisotopic (exact) mass is 239 g/mol. The minimum atomic E-state index is -0.750. The van der Waals surface area contributed by atoms with Gasteiger partial charge >= 0.3 is 0 Å². The van der Waals surface area contributed by atoms with Crippen LogP contribution in [0.4, 0.5) is 0 Å². The molecular formula is C13H25N3O. The van der Waals surface area contributed by atoms with Crippen molar-refractivity contribution in [1.29, 1.82) is 0 Å². The first-order valence-corrected chi connectivity index (χ1v) is 6.30. The molecule has 0 saturated heterocycles. The van der Waals surface area contributed by atoms with Crippen LogP contribution in [0, 0.1) is 0 Å². The summed E-state index contributed by atoms with van der Waals surface area (Å²) < 4.78 is 1.92. The van der Waals surface area contributed by atoms with Crippen molar-refractivity contribution in [2.75, 3.05) is 6.54 Å². The average molecular weight is 239 g/mol. The Hall–Kier alpha value is -0.870. The number of aromatic nitrogens is 2. The Morgan fingerprint density at radius 1 is 1.41 bits per heavy atom. The second-order valence-electron chi connectivity index (χ2n) is 5.59. The topological polar surface area (TPSA) is 50.1 Å². The van der Waals surface area contributed by atoms with E-state index in [1.807, 2.05) is 23.9 Å². The molecule has 17 heavy (non-hydrogen) atoms. The number of rotatable bonds is 6. The van der Waals surface area contributed by atoms with Crippen LogP contribution in [0.2, 0.25) is 0 Å². The molecule has 0 bridgehead atoms. The van der Waals surface area contributed by atoms with Crippen molar-refractivity contribution in [2.24, 2.45) is 0 Å². The van der Waals surface area contributed by atoms with Gasteiger partial charge in [0.25, 0.3) is 0 Å². The molecule has 0 aliphatic rings. The fourth-order valence-electron chi connectivity index (χ4n) is 1.64. The molecule has 0 aliphatic carbocycles. The fraction of sp³-hybridized carbons (Fsp3) is 0.769. The summed E-state index contributed by atoms with van der Waals surface area (Å²) in [5.41, 5.74) is 0.190. The van der Waals surface area contributed by atoms with E-state index in [4.69, 9.17) is 0 Å². The van der Waals surface area contributed by atoms with Crippen LogP contribution in [-0.2, 0) is 6.42 Å². The lowest BCUT2D eigenvalue weighted by Gasteiger charge is -2.24. The lowest BCUT2D eigenvalue weighted by atomic mass is 10.00. The number of aliphatic hydroxyl groups is 1. The summed E-state index contributed by atoms with van der Waals surface area (Å²) >= 11 is 0. The summed E-state index contributed by atoms with van der Waals surface area (Å²) in [6, 6.07) is 2.72. The Balaban J connectivity index is 2.56. The third-order valence-corrected chi connectivity index (χ3v) is 2.65. The molecular weight excluding hydrogens is 214 g/mol. The van der Waals surface area contributed by atoms with E-state index in [1.54, 1.807) is 0 Å². The van der Waals surface area contributed by atoms with Crippen molar-refractivity contribution in [2.45, 2.75) is 58.7 Å². The molecule has 4 heteroatoms. The maximum absolute atomic E-state index is 10.3. The summed E-state index contributed by atoms with van der Waals surface area (Å²) in [6.07, 6.45) is 2.54. The first-order valence-electron chi connectivity index (χ1n) is 6.30. The number of hydrogen-bond donors (Lipinski definition) is 2. The minimum absolute atomic E-state index is 0.363. The van der Waals surface area contributed by atoms with E-state index in [0.29, 0.717) is 25.0 Å². The highest BCUT2D eigenvalue weighted by molar-refractivity contribution is 5.04. The van der Waals surface area contributed by atoms with E-state index in [1.165, 1.54) is 0 Å². The van der Waals surface area contributed by atoms with Gasteiger partial charge in [-0.1, -0.05) is 13.8 Å². The largest absolute Gasteiger partial charge is 0.388 e. The maximum Gasteiger partial charge on any atom is 0.0799 e. The number of nitrogens with zero attached hydrogens (tertiary/aromatic N) is 2. The summed E-state index contributed by atoms with van der Waals surface area (Å²) in [6.45, 7) is 10.8. The minimum Gasteiger partial charge on any atom is -0.388 e. The van der Waals surface area contributed by atoms with Crippen LogP contribution in [0.15, 0.2) is 12.3 Å². The second kappa shape index (κ2) is 5.65. The van der Waals surface area contributed by atoms with E-state index >= 15 is 0 Å². The normalized spacial score (nSPS) is 15.5. The van der Waals surface area contributed by atoms with Crippen LogP contribution in [0.3, 0.4) is 0 Å². The molecule has 0 amide bonds. The van der Waals surface area contributed by atoms with Crippen molar-refractivity contribution >= 4 is 0 Å². The molecule has 2 N–H and O–H groups in total. The van der Waals surface area contributed by atoms with Crippen LogP contribution in [0.5, 0.6) is 0 Å². The van der Waals surface area contributed by atoms with E-state index in [2.05, 4.69) is 38.1 Å². The van der Waals surface area contributed by atoms with Crippen molar-refractivity contribution in [3.05, 3.63) is 18.0 Å². The van der Waals surface area contributed by atoms with Gasteiger partial charge in [0.2, 0.25) is 0 Å². The molecule has 0 fully saturated rings.